The number of hydrogen-bond acceptors (Lipinski definition) is 2. The van der Waals surface area contributed by atoms with E-state index >= 15 is 0 Å². The van der Waals surface area contributed by atoms with Crippen molar-refractivity contribution in [1.82, 2.24) is 0 Å². The van der Waals surface area contributed by atoms with Gasteiger partial charge in [0, 0.05) is 11.1 Å². The van der Waals surface area contributed by atoms with Crippen LogP contribution in [0.3, 0.4) is 0 Å². The van der Waals surface area contributed by atoms with Crippen LogP contribution in [0.25, 0.3) is 5.70 Å². The zero-order valence-electron chi connectivity index (χ0n) is 5.70. The first-order valence-corrected chi connectivity index (χ1v) is 3.51. The molecule has 0 bridgehead atoms. The highest BCUT2D eigenvalue weighted by Gasteiger charge is 1.97. The molecule has 0 radical (unpaired) electrons. The fraction of sp³-hybridized carbons (Fsp3) is 0. The molecule has 1 aromatic carbocycles. The van der Waals surface area contributed by atoms with Crippen LogP contribution in [0.15, 0.2) is 41.0 Å². The summed E-state index contributed by atoms with van der Waals surface area (Å²) in [5.74, 6) is 0. The Morgan fingerprint density at radius 1 is 1.36 bits per heavy atom. The van der Waals surface area contributed by atoms with E-state index in [9.17, 15) is 4.91 Å². The van der Waals surface area contributed by atoms with Gasteiger partial charge in [-0.25, -0.2) is 0 Å². The van der Waals surface area contributed by atoms with E-state index in [-0.39, 0.29) is 5.70 Å². The second-order valence-electron chi connectivity index (χ2n) is 1.95. The van der Waals surface area contributed by atoms with Crippen LogP contribution < -0.4 is 0 Å². The van der Waals surface area contributed by atoms with Gasteiger partial charge < -0.3 is 0 Å². The summed E-state index contributed by atoms with van der Waals surface area (Å²) in [6.45, 7) is 0. The molecule has 1 rings (SSSR count). The fourth-order valence-electron chi connectivity index (χ4n) is 0.745. The summed E-state index contributed by atoms with van der Waals surface area (Å²) < 4.78 is 0. The lowest BCUT2D eigenvalue weighted by Gasteiger charge is -1.93. The Kier molecular flexibility index (Phi) is 2.81. The van der Waals surface area contributed by atoms with E-state index < -0.39 is 0 Å². The second-order valence-corrected chi connectivity index (χ2v) is 2.17. The van der Waals surface area contributed by atoms with E-state index in [1.54, 1.807) is 12.1 Å². The standard InChI is InChI=1S/C8H6ClNO/c9-6-8(10-11)7-4-2-1-3-5-7/h1-6H/b8-6+. The van der Waals surface area contributed by atoms with Crippen molar-refractivity contribution < 1.29 is 0 Å². The molecule has 0 fully saturated rings. The molecule has 0 aromatic heterocycles. The molecule has 0 unspecified atom stereocenters. The van der Waals surface area contributed by atoms with Gasteiger partial charge in [-0.3, -0.25) is 0 Å². The van der Waals surface area contributed by atoms with Gasteiger partial charge in [-0.05, 0) is 5.18 Å². The number of nitroso groups, excluding NO2 is 1. The molecule has 11 heavy (non-hydrogen) atoms. The highest BCUT2D eigenvalue weighted by Crippen LogP contribution is 2.15. The van der Waals surface area contributed by atoms with Gasteiger partial charge in [-0.2, -0.15) is 0 Å². The first-order valence-electron chi connectivity index (χ1n) is 3.07. The Morgan fingerprint density at radius 3 is 2.45 bits per heavy atom. The van der Waals surface area contributed by atoms with Gasteiger partial charge >= 0.3 is 0 Å². The molecular formula is C8H6ClNO. The first-order chi connectivity index (χ1) is 5.38. The van der Waals surface area contributed by atoms with Crippen molar-refractivity contribution in [3.05, 3.63) is 46.3 Å². The molecule has 3 heteroatoms. The Bertz CT molecular complexity index is 269. The van der Waals surface area contributed by atoms with E-state index in [2.05, 4.69) is 5.18 Å². The lowest BCUT2D eigenvalue weighted by molar-refractivity contribution is 1.49. The highest BCUT2D eigenvalue weighted by molar-refractivity contribution is 6.28. The van der Waals surface area contributed by atoms with Crippen molar-refractivity contribution in [1.29, 1.82) is 0 Å². The molecule has 0 amide bonds. The van der Waals surface area contributed by atoms with Crippen LogP contribution in [0, 0.1) is 4.91 Å². The summed E-state index contributed by atoms with van der Waals surface area (Å²) in [7, 11) is 0. The fourth-order valence-corrected chi connectivity index (χ4v) is 0.910. The third-order valence-electron chi connectivity index (χ3n) is 1.27. The molecule has 1 aromatic rings. The quantitative estimate of drug-likeness (QED) is 0.623. The molecule has 0 aliphatic rings. The molecule has 0 heterocycles. The maximum Gasteiger partial charge on any atom is 0.126 e. The third-order valence-corrected chi connectivity index (χ3v) is 1.48. The largest absolute Gasteiger partial charge is 0.145 e. The van der Waals surface area contributed by atoms with E-state index in [1.807, 2.05) is 18.2 Å². The predicted molar refractivity (Wildman–Crippen MR) is 46.1 cm³/mol. The van der Waals surface area contributed by atoms with E-state index in [4.69, 9.17) is 11.6 Å². The van der Waals surface area contributed by atoms with Gasteiger partial charge in [0.15, 0.2) is 0 Å². The summed E-state index contributed by atoms with van der Waals surface area (Å²) in [5, 5.41) is 2.76. The van der Waals surface area contributed by atoms with Gasteiger partial charge in [0.05, 0.1) is 0 Å². The molecular weight excluding hydrogens is 162 g/mol. The lowest BCUT2D eigenvalue weighted by atomic mass is 10.2. The third kappa shape index (κ3) is 1.88. The van der Waals surface area contributed by atoms with Crippen LogP contribution in [-0.4, -0.2) is 0 Å². The average Bonchev–Trinajstić information content (AvgIpc) is 2.09. The second kappa shape index (κ2) is 3.88. The van der Waals surface area contributed by atoms with Gasteiger partial charge in [-0.15, -0.1) is 4.91 Å². The van der Waals surface area contributed by atoms with Gasteiger partial charge in [0.2, 0.25) is 0 Å². The minimum absolute atomic E-state index is 0.257. The van der Waals surface area contributed by atoms with Gasteiger partial charge in [0.1, 0.15) is 5.70 Å². The molecule has 0 saturated heterocycles. The molecule has 56 valence electrons. The maximum atomic E-state index is 10.1. The minimum atomic E-state index is 0.257. The van der Waals surface area contributed by atoms with Crippen LogP contribution in [0.2, 0.25) is 0 Å². The van der Waals surface area contributed by atoms with Crippen molar-refractivity contribution >= 4 is 17.3 Å². The number of nitrogens with zero attached hydrogens (tertiary/aromatic N) is 1. The van der Waals surface area contributed by atoms with Crippen LogP contribution >= 0.6 is 11.6 Å². The summed E-state index contributed by atoms with van der Waals surface area (Å²) in [6, 6.07) is 9.05. The molecule has 2 nitrogen and oxygen atoms in total. The van der Waals surface area contributed by atoms with Gasteiger partial charge in [-0.1, -0.05) is 41.9 Å². The highest BCUT2D eigenvalue weighted by atomic mass is 35.5. The Balaban J connectivity index is 3.01. The topological polar surface area (TPSA) is 29.4 Å². The summed E-state index contributed by atoms with van der Waals surface area (Å²) in [5.41, 5.74) is 2.16. The van der Waals surface area contributed by atoms with Crippen molar-refractivity contribution in [2.75, 3.05) is 0 Å². The Morgan fingerprint density at radius 2 is 2.00 bits per heavy atom. The number of rotatable bonds is 2. The maximum absolute atomic E-state index is 10.1. The normalized spacial score (nSPS) is 11.2. The number of halogens is 1. The molecule has 0 aliphatic heterocycles. The van der Waals surface area contributed by atoms with Crippen molar-refractivity contribution in [3.63, 3.8) is 0 Å². The summed E-state index contributed by atoms with van der Waals surface area (Å²) in [4.78, 5) is 10.1. The van der Waals surface area contributed by atoms with Crippen LogP contribution in [0.4, 0.5) is 0 Å². The molecule has 0 spiro atoms. The minimum Gasteiger partial charge on any atom is -0.145 e. The van der Waals surface area contributed by atoms with Crippen LogP contribution in [-0.2, 0) is 0 Å². The van der Waals surface area contributed by atoms with Crippen LogP contribution in [0.5, 0.6) is 0 Å². The molecule has 0 saturated carbocycles. The smallest absolute Gasteiger partial charge is 0.126 e. The number of hydrogen-bond donors (Lipinski definition) is 0. The number of benzene rings is 1. The van der Waals surface area contributed by atoms with Crippen LogP contribution in [0.1, 0.15) is 5.56 Å². The average molecular weight is 168 g/mol. The zero-order valence-corrected chi connectivity index (χ0v) is 6.45. The first kappa shape index (κ1) is 7.95. The lowest BCUT2D eigenvalue weighted by Crippen LogP contribution is -1.76. The monoisotopic (exact) mass is 167 g/mol. The van der Waals surface area contributed by atoms with E-state index in [0.717, 1.165) is 5.56 Å². The SMILES string of the molecule is O=N/C(=C/Cl)c1ccccc1. The van der Waals surface area contributed by atoms with Crippen molar-refractivity contribution in [2.45, 2.75) is 0 Å². The Labute approximate surface area is 69.5 Å². The summed E-state index contributed by atoms with van der Waals surface area (Å²) in [6.07, 6.45) is 0. The Hall–Kier alpha value is -1.15. The molecule has 0 atom stereocenters. The van der Waals surface area contributed by atoms with Crippen molar-refractivity contribution in [3.8, 4) is 0 Å². The zero-order chi connectivity index (χ0) is 8.10. The van der Waals surface area contributed by atoms with E-state index in [0.29, 0.717) is 0 Å². The van der Waals surface area contributed by atoms with E-state index in [1.165, 1.54) is 5.54 Å². The molecule has 0 aliphatic carbocycles. The predicted octanol–water partition coefficient (Wildman–Crippen LogP) is 2.99. The summed E-state index contributed by atoms with van der Waals surface area (Å²) >= 11 is 5.35. The molecule has 0 N–H and O–H groups in total. The van der Waals surface area contributed by atoms with Crippen molar-refractivity contribution in [2.24, 2.45) is 5.18 Å². The van der Waals surface area contributed by atoms with Gasteiger partial charge in [0.25, 0.3) is 0 Å².